The number of likely N-dealkylation sites (tertiary alicyclic amines) is 2. The van der Waals surface area contributed by atoms with Gasteiger partial charge in [-0.1, -0.05) is 29.8 Å². The van der Waals surface area contributed by atoms with Gasteiger partial charge in [0.25, 0.3) is 0 Å². The summed E-state index contributed by atoms with van der Waals surface area (Å²) in [4.78, 5) is 5.12. The monoisotopic (exact) mass is 322 g/mol. The largest absolute Gasteiger partial charge is 0.395 e. The summed E-state index contributed by atoms with van der Waals surface area (Å²) in [6.45, 7) is 4.87. The fraction of sp³-hybridized carbons (Fsp3) is 0.667. The van der Waals surface area contributed by atoms with E-state index in [2.05, 4.69) is 21.9 Å². The zero-order valence-corrected chi connectivity index (χ0v) is 14.0. The highest BCUT2D eigenvalue weighted by Gasteiger charge is 2.30. The van der Waals surface area contributed by atoms with Crippen LogP contribution in [0.5, 0.6) is 0 Å². The van der Waals surface area contributed by atoms with Gasteiger partial charge in [-0.15, -0.1) is 0 Å². The van der Waals surface area contributed by atoms with Gasteiger partial charge in [0.05, 0.1) is 6.61 Å². The van der Waals surface area contributed by atoms with Crippen molar-refractivity contribution in [2.24, 2.45) is 0 Å². The van der Waals surface area contributed by atoms with E-state index in [0.29, 0.717) is 18.7 Å². The van der Waals surface area contributed by atoms with Crippen molar-refractivity contribution < 1.29 is 5.11 Å². The fourth-order valence-corrected chi connectivity index (χ4v) is 4.20. The van der Waals surface area contributed by atoms with E-state index in [1.807, 2.05) is 12.1 Å². The minimum Gasteiger partial charge on any atom is -0.395 e. The van der Waals surface area contributed by atoms with Crippen molar-refractivity contribution in [2.75, 3.05) is 32.8 Å². The smallest absolute Gasteiger partial charge is 0.0586 e. The Morgan fingerprint density at radius 2 is 1.77 bits per heavy atom. The van der Waals surface area contributed by atoms with Crippen LogP contribution in [0.4, 0.5) is 0 Å². The van der Waals surface area contributed by atoms with Crippen molar-refractivity contribution in [3.8, 4) is 0 Å². The van der Waals surface area contributed by atoms with E-state index in [-0.39, 0.29) is 0 Å². The molecule has 2 heterocycles. The van der Waals surface area contributed by atoms with Gasteiger partial charge in [-0.3, -0.25) is 9.80 Å². The molecule has 2 atom stereocenters. The van der Waals surface area contributed by atoms with E-state index in [9.17, 15) is 5.11 Å². The molecule has 2 aliphatic heterocycles. The van der Waals surface area contributed by atoms with E-state index >= 15 is 0 Å². The first-order valence-corrected chi connectivity index (χ1v) is 8.98. The zero-order valence-electron chi connectivity index (χ0n) is 13.3. The third-order valence-electron chi connectivity index (χ3n) is 5.28. The summed E-state index contributed by atoms with van der Waals surface area (Å²) >= 11 is 6.27. The van der Waals surface area contributed by atoms with Crippen LogP contribution in [0.2, 0.25) is 5.02 Å². The van der Waals surface area contributed by atoms with Crippen LogP contribution >= 0.6 is 11.6 Å². The van der Waals surface area contributed by atoms with Crippen LogP contribution in [0.25, 0.3) is 0 Å². The maximum atomic E-state index is 9.49. The van der Waals surface area contributed by atoms with E-state index in [0.717, 1.165) is 37.5 Å². The molecule has 122 valence electrons. The highest BCUT2D eigenvalue weighted by Crippen LogP contribution is 2.24. The van der Waals surface area contributed by atoms with Crippen molar-refractivity contribution in [3.63, 3.8) is 0 Å². The Balaban J connectivity index is 1.53. The highest BCUT2D eigenvalue weighted by atomic mass is 35.5. The number of halogens is 1. The molecule has 22 heavy (non-hydrogen) atoms. The topological polar surface area (TPSA) is 26.7 Å². The summed E-state index contributed by atoms with van der Waals surface area (Å²) in [7, 11) is 0. The molecular formula is C18H27ClN2O. The van der Waals surface area contributed by atoms with Gasteiger partial charge in [-0.05, 0) is 56.8 Å². The van der Waals surface area contributed by atoms with Gasteiger partial charge < -0.3 is 5.11 Å². The van der Waals surface area contributed by atoms with Crippen LogP contribution < -0.4 is 0 Å². The number of aliphatic hydroxyl groups is 1. The summed E-state index contributed by atoms with van der Waals surface area (Å²) < 4.78 is 0. The Morgan fingerprint density at radius 1 is 1.05 bits per heavy atom. The Kier molecular flexibility index (Phi) is 5.75. The van der Waals surface area contributed by atoms with Crippen LogP contribution in [0.1, 0.15) is 31.2 Å². The van der Waals surface area contributed by atoms with Crippen LogP contribution in [0.15, 0.2) is 24.3 Å². The van der Waals surface area contributed by atoms with Crippen LogP contribution in [0.3, 0.4) is 0 Å². The molecule has 0 aromatic heterocycles. The molecule has 2 saturated heterocycles. The number of aliphatic hydroxyl groups excluding tert-OH is 1. The van der Waals surface area contributed by atoms with Gasteiger partial charge in [0.15, 0.2) is 0 Å². The molecule has 3 nitrogen and oxygen atoms in total. The average Bonchev–Trinajstić information content (AvgIpc) is 3.16. The lowest BCUT2D eigenvalue weighted by Gasteiger charge is -2.31. The number of benzene rings is 1. The molecule has 0 saturated carbocycles. The Bertz CT molecular complexity index is 482. The molecule has 0 aliphatic carbocycles. The van der Waals surface area contributed by atoms with Gasteiger partial charge >= 0.3 is 0 Å². The van der Waals surface area contributed by atoms with Crippen LogP contribution in [0, 0.1) is 0 Å². The summed E-state index contributed by atoms with van der Waals surface area (Å²) in [6.07, 6.45) is 6.00. The molecule has 4 heteroatoms. The SMILES string of the molecule is OCC1CCCN1CC1CCCN1CCc1ccccc1Cl. The number of rotatable bonds is 6. The molecule has 3 rings (SSSR count). The average molecular weight is 323 g/mol. The predicted octanol–water partition coefficient (Wildman–Crippen LogP) is 2.80. The fourth-order valence-electron chi connectivity index (χ4n) is 3.97. The van der Waals surface area contributed by atoms with E-state index in [1.165, 1.54) is 31.4 Å². The maximum Gasteiger partial charge on any atom is 0.0586 e. The molecule has 0 spiro atoms. The van der Waals surface area contributed by atoms with Crippen molar-refractivity contribution in [1.82, 2.24) is 9.80 Å². The molecule has 0 radical (unpaired) electrons. The first-order valence-electron chi connectivity index (χ1n) is 8.60. The molecule has 1 N–H and O–H groups in total. The summed E-state index contributed by atoms with van der Waals surface area (Å²) in [5.41, 5.74) is 1.25. The third kappa shape index (κ3) is 3.83. The van der Waals surface area contributed by atoms with Gasteiger partial charge in [0, 0.05) is 30.2 Å². The Morgan fingerprint density at radius 3 is 2.55 bits per heavy atom. The van der Waals surface area contributed by atoms with Gasteiger partial charge in [-0.2, -0.15) is 0 Å². The van der Waals surface area contributed by atoms with Crippen molar-refractivity contribution >= 4 is 11.6 Å². The van der Waals surface area contributed by atoms with E-state index in [4.69, 9.17) is 11.6 Å². The molecular weight excluding hydrogens is 296 g/mol. The van der Waals surface area contributed by atoms with E-state index in [1.54, 1.807) is 0 Å². The summed E-state index contributed by atoms with van der Waals surface area (Å²) in [5.74, 6) is 0. The van der Waals surface area contributed by atoms with Crippen molar-refractivity contribution in [2.45, 2.75) is 44.2 Å². The standard InChI is InChI=1S/C18H27ClN2O/c19-18-8-2-1-5-15(18)9-12-20-10-3-6-16(20)13-21-11-4-7-17(21)14-22/h1-2,5,8,16-17,22H,3-4,6-7,9-14H2. The van der Waals surface area contributed by atoms with E-state index < -0.39 is 0 Å². The molecule has 0 bridgehead atoms. The predicted molar refractivity (Wildman–Crippen MR) is 91.4 cm³/mol. The zero-order chi connectivity index (χ0) is 15.4. The Hall–Kier alpha value is -0.610. The summed E-state index contributed by atoms with van der Waals surface area (Å²) in [5, 5.41) is 10.4. The Labute approximate surface area is 138 Å². The lowest BCUT2D eigenvalue weighted by atomic mass is 10.1. The van der Waals surface area contributed by atoms with Gasteiger partial charge in [0.2, 0.25) is 0 Å². The maximum absolute atomic E-state index is 9.49. The lowest BCUT2D eigenvalue weighted by molar-refractivity contribution is 0.123. The number of nitrogens with zero attached hydrogens (tertiary/aromatic N) is 2. The second kappa shape index (κ2) is 7.78. The highest BCUT2D eigenvalue weighted by molar-refractivity contribution is 6.31. The molecule has 1 aromatic rings. The second-order valence-corrected chi connectivity index (χ2v) is 7.05. The second-order valence-electron chi connectivity index (χ2n) is 6.65. The summed E-state index contributed by atoms with van der Waals surface area (Å²) in [6, 6.07) is 9.22. The minimum absolute atomic E-state index is 0.312. The quantitative estimate of drug-likeness (QED) is 0.872. The van der Waals surface area contributed by atoms with Crippen molar-refractivity contribution in [1.29, 1.82) is 0 Å². The van der Waals surface area contributed by atoms with Gasteiger partial charge in [-0.25, -0.2) is 0 Å². The number of hydrogen-bond donors (Lipinski definition) is 1. The minimum atomic E-state index is 0.312. The van der Waals surface area contributed by atoms with Crippen molar-refractivity contribution in [3.05, 3.63) is 34.9 Å². The van der Waals surface area contributed by atoms with Crippen LogP contribution in [-0.2, 0) is 6.42 Å². The first kappa shape index (κ1) is 16.3. The molecule has 2 aliphatic rings. The normalized spacial score (nSPS) is 26.8. The first-order chi connectivity index (χ1) is 10.8. The third-order valence-corrected chi connectivity index (χ3v) is 5.65. The van der Waals surface area contributed by atoms with Gasteiger partial charge in [0.1, 0.15) is 0 Å². The molecule has 0 amide bonds. The molecule has 1 aromatic carbocycles. The molecule has 2 fully saturated rings. The van der Waals surface area contributed by atoms with Crippen LogP contribution in [-0.4, -0.2) is 59.8 Å². The number of hydrogen-bond acceptors (Lipinski definition) is 3. The molecule has 2 unspecified atom stereocenters. The lowest BCUT2D eigenvalue weighted by Crippen LogP contribution is -2.44.